The van der Waals surface area contributed by atoms with E-state index >= 15 is 0 Å². The largest absolute Gasteiger partial charge is 0.494 e. The molecule has 0 fully saturated rings. The average molecular weight is 281 g/mol. The summed E-state index contributed by atoms with van der Waals surface area (Å²) in [6.07, 6.45) is 0.847. The molecule has 1 rings (SSSR count). The van der Waals surface area contributed by atoms with Crippen LogP contribution in [-0.2, 0) is 9.47 Å². The zero-order valence-corrected chi connectivity index (χ0v) is 13.0. The lowest BCUT2D eigenvalue weighted by atomic mass is 10.1. The van der Waals surface area contributed by atoms with Crippen molar-refractivity contribution in [3.05, 3.63) is 29.8 Å². The molecule has 0 aliphatic carbocycles. The van der Waals surface area contributed by atoms with E-state index in [-0.39, 0.29) is 11.6 Å². The van der Waals surface area contributed by atoms with Crippen molar-refractivity contribution in [2.24, 2.45) is 5.73 Å². The van der Waals surface area contributed by atoms with Crippen LogP contribution in [0, 0.1) is 0 Å². The van der Waals surface area contributed by atoms with Gasteiger partial charge >= 0.3 is 0 Å². The Kier molecular flexibility index (Phi) is 6.99. The van der Waals surface area contributed by atoms with Crippen LogP contribution in [0.4, 0.5) is 0 Å². The normalized spacial score (nSPS) is 13.2. The Morgan fingerprint density at radius 2 is 1.85 bits per heavy atom. The van der Waals surface area contributed by atoms with Crippen LogP contribution in [0.25, 0.3) is 0 Å². The molecule has 1 aromatic carbocycles. The Balaban J connectivity index is 2.33. The van der Waals surface area contributed by atoms with Crippen molar-refractivity contribution in [1.29, 1.82) is 0 Å². The van der Waals surface area contributed by atoms with Crippen molar-refractivity contribution in [2.75, 3.05) is 26.9 Å². The van der Waals surface area contributed by atoms with Crippen LogP contribution < -0.4 is 10.5 Å². The summed E-state index contributed by atoms with van der Waals surface area (Å²) in [5.41, 5.74) is 7.01. The molecular weight excluding hydrogens is 254 g/mol. The number of rotatable bonds is 9. The van der Waals surface area contributed by atoms with Crippen LogP contribution in [0.3, 0.4) is 0 Å². The standard InChI is InChI=1S/C16H27NO3/c1-5-20-14-8-6-13(7-9-14)15(17)12-19-11-10-16(2,3)18-4/h6-9,15H,5,10-12,17H2,1-4H3. The highest BCUT2D eigenvalue weighted by atomic mass is 16.5. The molecule has 0 amide bonds. The number of methoxy groups -OCH3 is 1. The van der Waals surface area contributed by atoms with Gasteiger partial charge in [0.2, 0.25) is 0 Å². The third-order valence-corrected chi connectivity index (χ3v) is 3.32. The lowest BCUT2D eigenvalue weighted by Gasteiger charge is -2.23. The highest BCUT2D eigenvalue weighted by Crippen LogP contribution is 2.17. The summed E-state index contributed by atoms with van der Waals surface area (Å²) in [6.45, 7) is 7.88. The molecule has 0 heterocycles. The predicted octanol–water partition coefficient (Wildman–Crippen LogP) is 2.92. The maximum atomic E-state index is 6.10. The smallest absolute Gasteiger partial charge is 0.119 e. The fourth-order valence-corrected chi connectivity index (χ4v) is 1.70. The molecule has 0 bridgehead atoms. The lowest BCUT2D eigenvalue weighted by molar-refractivity contribution is -0.0113. The van der Waals surface area contributed by atoms with E-state index in [1.54, 1.807) is 7.11 Å². The van der Waals surface area contributed by atoms with E-state index in [1.807, 2.05) is 45.0 Å². The van der Waals surface area contributed by atoms with Gasteiger partial charge in [0.1, 0.15) is 5.75 Å². The van der Waals surface area contributed by atoms with E-state index < -0.39 is 0 Å². The zero-order valence-electron chi connectivity index (χ0n) is 13.0. The first-order valence-corrected chi connectivity index (χ1v) is 7.09. The molecule has 1 unspecified atom stereocenters. The van der Waals surface area contributed by atoms with E-state index in [1.165, 1.54) is 0 Å². The van der Waals surface area contributed by atoms with Crippen LogP contribution in [0.1, 0.15) is 38.8 Å². The van der Waals surface area contributed by atoms with Crippen molar-refractivity contribution in [2.45, 2.75) is 38.8 Å². The fraction of sp³-hybridized carbons (Fsp3) is 0.625. The molecule has 0 saturated heterocycles. The highest BCUT2D eigenvalue weighted by Gasteiger charge is 2.16. The van der Waals surface area contributed by atoms with Gasteiger partial charge in [-0.05, 0) is 44.9 Å². The molecule has 0 spiro atoms. The number of hydrogen-bond donors (Lipinski definition) is 1. The summed E-state index contributed by atoms with van der Waals surface area (Å²) in [5, 5.41) is 0. The van der Waals surface area contributed by atoms with E-state index in [4.69, 9.17) is 19.9 Å². The summed E-state index contributed by atoms with van der Waals surface area (Å²) >= 11 is 0. The predicted molar refractivity (Wildman–Crippen MR) is 81.1 cm³/mol. The van der Waals surface area contributed by atoms with Gasteiger partial charge in [-0.3, -0.25) is 0 Å². The topological polar surface area (TPSA) is 53.7 Å². The zero-order chi connectivity index (χ0) is 15.0. The second kappa shape index (κ2) is 8.25. The second-order valence-electron chi connectivity index (χ2n) is 5.40. The second-order valence-corrected chi connectivity index (χ2v) is 5.40. The van der Waals surface area contributed by atoms with Crippen molar-refractivity contribution < 1.29 is 14.2 Å². The molecule has 4 nitrogen and oxygen atoms in total. The van der Waals surface area contributed by atoms with Gasteiger partial charge in [0.05, 0.1) is 24.9 Å². The molecule has 4 heteroatoms. The van der Waals surface area contributed by atoms with Crippen LogP contribution in [0.15, 0.2) is 24.3 Å². The minimum absolute atomic E-state index is 0.115. The van der Waals surface area contributed by atoms with Gasteiger partial charge in [-0.25, -0.2) is 0 Å². The van der Waals surface area contributed by atoms with Gasteiger partial charge in [-0.15, -0.1) is 0 Å². The molecule has 0 aliphatic rings. The Bertz CT molecular complexity index is 376. The molecule has 2 N–H and O–H groups in total. The Morgan fingerprint density at radius 1 is 1.20 bits per heavy atom. The Morgan fingerprint density at radius 3 is 2.40 bits per heavy atom. The minimum Gasteiger partial charge on any atom is -0.494 e. The summed E-state index contributed by atoms with van der Waals surface area (Å²) < 4.78 is 16.4. The van der Waals surface area contributed by atoms with Gasteiger partial charge in [0.15, 0.2) is 0 Å². The van der Waals surface area contributed by atoms with Crippen LogP contribution in [-0.4, -0.2) is 32.5 Å². The van der Waals surface area contributed by atoms with Gasteiger partial charge in [0, 0.05) is 13.7 Å². The molecular formula is C16H27NO3. The van der Waals surface area contributed by atoms with Gasteiger partial charge in [-0.1, -0.05) is 12.1 Å². The van der Waals surface area contributed by atoms with Crippen LogP contribution in [0.2, 0.25) is 0 Å². The van der Waals surface area contributed by atoms with E-state index in [9.17, 15) is 0 Å². The third-order valence-electron chi connectivity index (χ3n) is 3.32. The van der Waals surface area contributed by atoms with Gasteiger partial charge in [0.25, 0.3) is 0 Å². The minimum atomic E-state index is -0.150. The third kappa shape index (κ3) is 5.90. The molecule has 114 valence electrons. The first-order chi connectivity index (χ1) is 9.48. The first kappa shape index (κ1) is 17.0. The number of hydrogen-bond acceptors (Lipinski definition) is 4. The molecule has 20 heavy (non-hydrogen) atoms. The summed E-state index contributed by atoms with van der Waals surface area (Å²) in [5.74, 6) is 0.867. The Labute approximate surface area is 122 Å². The van der Waals surface area contributed by atoms with Gasteiger partial charge < -0.3 is 19.9 Å². The van der Waals surface area contributed by atoms with Crippen molar-refractivity contribution in [3.63, 3.8) is 0 Å². The average Bonchev–Trinajstić information content (AvgIpc) is 2.44. The highest BCUT2D eigenvalue weighted by molar-refractivity contribution is 5.29. The number of ether oxygens (including phenoxy) is 3. The van der Waals surface area contributed by atoms with Gasteiger partial charge in [-0.2, -0.15) is 0 Å². The quantitative estimate of drug-likeness (QED) is 0.707. The molecule has 0 aliphatic heterocycles. The number of nitrogens with two attached hydrogens (primary N) is 1. The van der Waals surface area contributed by atoms with E-state index in [0.29, 0.717) is 19.8 Å². The summed E-state index contributed by atoms with van der Waals surface area (Å²) in [7, 11) is 1.71. The first-order valence-electron chi connectivity index (χ1n) is 7.09. The van der Waals surface area contributed by atoms with Crippen molar-refractivity contribution in [1.82, 2.24) is 0 Å². The monoisotopic (exact) mass is 281 g/mol. The summed E-state index contributed by atoms with van der Waals surface area (Å²) in [6, 6.07) is 7.73. The van der Waals surface area contributed by atoms with E-state index in [2.05, 4.69) is 0 Å². The van der Waals surface area contributed by atoms with E-state index in [0.717, 1.165) is 17.7 Å². The Hall–Kier alpha value is -1.10. The molecule has 1 aromatic rings. The summed E-state index contributed by atoms with van der Waals surface area (Å²) in [4.78, 5) is 0. The van der Waals surface area contributed by atoms with Crippen LogP contribution in [0.5, 0.6) is 5.75 Å². The molecule has 0 aromatic heterocycles. The lowest BCUT2D eigenvalue weighted by Crippen LogP contribution is -2.25. The molecule has 0 saturated carbocycles. The molecule has 1 atom stereocenters. The van der Waals surface area contributed by atoms with Crippen LogP contribution >= 0.6 is 0 Å². The SMILES string of the molecule is CCOc1ccc(C(N)COCCC(C)(C)OC)cc1. The maximum Gasteiger partial charge on any atom is 0.119 e. The van der Waals surface area contributed by atoms with Crippen molar-refractivity contribution >= 4 is 0 Å². The molecule has 0 radical (unpaired) electrons. The number of benzene rings is 1. The fourth-order valence-electron chi connectivity index (χ4n) is 1.70. The van der Waals surface area contributed by atoms with Crippen molar-refractivity contribution in [3.8, 4) is 5.75 Å². The maximum absolute atomic E-state index is 6.10.